The quantitative estimate of drug-likeness (QED) is 0.876. The van der Waals surface area contributed by atoms with E-state index in [1.54, 1.807) is 20.8 Å². The number of carbonyl (C=O) groups is 1. The Labute approximate surface area is 139 Å². The Morgan fingerprint density at radius 1 is 1.25 bits per heavy atom. The summed E-state index contributed by atoms with van der Waals surface area (Å²) in [4.78, 5) is 13.7. The number of benzene rings is 1. The lowest BCUT2D eigenvalue weighted by Crippen LogP contribution is -2.42. The summed E-state index contributed by atoms with van der Waals surface area (Å²) in [6.45, 7) is 5.71. The highest BCUT2D eigenvalue weighted by atomic mass is 19.4. The minimum absolute atomic E-state index is 0.350. The Bertz CT molecular complexity index is 578. The first kappa shape index (κ1) is 18.6. The van der Waals surface area contributed by atoms with Crippen molar-refractivity contribution in [2.75, 3.05) is 6.54 Å². The van der Waals surface area contributed by atoms with E-state index >= 15 is 0 Å². The van der Waals surface area contributed by atoms with Gasteiger partial charge in [0.1, 0.15) is 5.60 Å². The molecular formula is C17H22F3NO3. The summed E-state index contributed by atoms with van der Waals surface area (Å²) in [7, 11) is 0. The number of amides is 1. The first-order valence-electron chi connectivity index (χ1n) is 7.84. The minimum atomic E-state index is -4.42. The van der Waals surface area contributed by atoms with Gasteiger partial charge in [-0.05, 0) is 51.3 Å². The van der Waals surface area contributed by atoms with Crippen LogP contribution < -0.4 is 0 Å². The molecule has 0 bridgehead atoms. The standard InChI is InChI=1S/C17H22F3NO3/c1-16(2,3)24-15(23)21-10-4-5-13(21)14(22)11-6-8-12(9-7-11)17(18,19)20/h6-9,13-14,22H,4-5,10H2,1-3H3/t13-,14?/m0/s1. The Kier molecular flexibility index (Phi) is 5.13. The number of nitrogens with zero attached hydrogens (tertiary/aromatic N) is 1. The van der Waals surface area contributed by atoms with Gasteiger partial charge in [0.05, 0.1) is 17.7 Å². The molecule has 1 aliphatic rings. The van der Waals surface area contributed by atoms with Crippen LogP contribution in [0, 0.1) is 0 Å². The molecular weight excluding hydrogens is 323 g/mol. The normalized spacial score (nSPS) is 20.1. The second-order valence-corrected chi connectivity index (χ2v) is 6.95. The molecule has 4 nitrogen and oxygen atoms in total. The number of aliphatic hydroxyl groups excluding tert-OH is 1. The van der Waals surface area contributed by atoms with Gasteiger partial charge in [-0.3, -0.25) is 0 Å². The number of rotatable bonds is 2. The molecule has 134 valence electrons. The third-order valence-corrected chi connectivity index (χ3v) is 3.87. The summed E-state index contributed by atoms with van der Waals surface area (Å²) in [6.07, 6.45) is -4.71. The number of aliphatic hydroxyl groups is 1. The number of hydrogen-bond acceptors (Lipinski definition) is 3. The molecule has 1 unspecified atom stereocenters. The van der Waals surface area contributed by atoms with Crippen LogP contribution >= 0.6 is 0 Å². The molecule has 0 aromatic heterocycles. The Balaban J connectivity index is 2.13. The van der Waals surface area contributed by atoms with E-state index in [0.29, 0.717) is 24.9 Å². The van der Waals surface area contributed by atoms with E-state index in [4.69, 9.17) is 4.74 Å². The average molecular weight is 345 g/mol. The van der Waals surface area contributed by atoms with Crippen LogP contribution in [0.3, 0.4) is 0 Å². The number of alkyl halides is 3. The van der Waals surface area contributed by atoms with E-state index in [9.17, 15) is 23.1 Å². The zero-order valence-electron chi connectivity index (χ0n) is 13.9. The van der Waals surface area contributed by atoms with E-state index < -0.39 is 35.6 Å². The zero-order chi connectivity index (χ0) is 18.1. The Morgan fingerprint density at radius 3 is 2.33 bits per heavy atom. The fourth-order valence-electron chi connectivity index (χ4n) is 2.76. The predicted molar refractivity (Wildman–Crippen MR) is 82.4 cm³/mol. The zero-order valence-corrected chi connectivity index (χ0v) is 13.9. The van der Waals surface area contributed by atoms with Crippen LogP contribution in [0.1, 0.15) is 50.8 Å². The van der Waals surface area contributed by atoms with Crippen LogP contribution in [-0.2, 0) is 10.9 Å². The minimum Gasteiger partial charge on any atom is -0.444 e. The summed E-state index contributed by atoms with van der Waals surface area (Å²) >= 11 is 0. The van der Waals surface area contributed by atoms with E-state index in [1.165, 1.54) is 17.0 Å². The van der Waals surface area contributed by atoms with Gasteiger partial charge in [-0.25, -0.2) is 4.79 Å². The highest BCUT2D eigenvalue weighted by Gasteiger charge is 2.37. The summed E-state index contributed by atoms with van der Waals surface area (Å²) in [5, 5.41) is 10.5. The van der Waals surface area contributed by atoms with Crippen LogP contribution in [0.5, 0.6) is 0 Å². The molecule has 1 heterocycles. The van der Waals surface area contributed by atoms with Gasteiger partial charge in [0, 0.05) is 6.54 Å². The number of halogens is 3. The molecule has 1 aromatic rings. The van der Waals surface area contributed by atoms with Crippen molar-refractivity contribution in [2.45, 2.75) is 57.5 Å². The summed E-state index contributed by atoms with van der Waals surface area (Å²) in [5.41, 5.74) is -1.07. The van der Waals surface area contributed by atoms with E-state index in [1.807, 2.05) is 0 Å². The predicted octanol–water partition coefficient (Wildman–Crippen LogP) is 4.14. The molecule has 0 radical (unpaired) electrons. The van der Waals surface area contributed by atoms with E-state index in [2.05, 4.69) is 0 Å². The first-order chi connectivity index (χ1) is 11.0. The van der Waals surface area contributed by atoms with Crippen molar-refractivity contribution in [1.82, 2.24) is 4.90 Å². The van der Waals surface area contributed by atoms with Crippen molar-refractivity contribution in [1.29, 1.82) is 0 Å². The average Bonchev–Trinajstić information content (AvgIpc) is 2.93. The second-order valence-electron chi connectivity index (χ2n) is 6.95. The van der Waals surface area contributed by atoms with Gasteiger partial charge in [-0.15, -0.1) is 0 Å². The molecule has 2 rings (SSSR count). The van der Waals surface area contributed by atoms with Crippen molar-refractivity contribution in [2.24, 2.45) is 0 Å². The van der Waals surface area contributed by atoms with Gasteiger partial charge in [-0.2, -0.15) is 13.2 Å². The fraction of sp³-hybridized carbons (Fsp3) is 0.588. The van der Waals surface area contributed by atoms with Crippen LogP contribution in [0.4, 0.5) is 18.0 Å². The Hall–Kier alpha value is -1.76. The Morgan fingerprint density at radius 2 is 1.83 bits per heavy atom. The van der Waals surface area contributed by atoms with Gasteiger partial charge in [-0.1, -0.05) is 12.1 Å². The molecule has 0 aliphatic carbocycles. The van der Waals surface area contributed by atoms with Gasteiger partial charge in [0.2, 0.25) is 0 Å². The van der Waals surface area contributed by atoms with Crippen LogP contribution in [0.15, 0.2) is 24.3 Å². The maximum atomic E-state index is 12.6. The smallest absolute Gasteiger partial charge is 0.416 e. The van der Waals surface area contributed by atoms with Gasteiger partial charge in [0.15, 0.2) is 0 Å². The molecule has 0 spiro atoms. The molecule has 1 N–H and O–H groups in total. The third-order valence-electron chi connectivity index (χ3n) is 3.87. The molecule has 1 aliphatic heterocycles. The largest absolute Gasteiger partial charge is 0.444 e. The maximum absolute atomic E-state index is 12.6. The van der Waals surface area contributed by atoms with Gasteiger partial charge < -0.3 is 14.7 Å². The van der Waals surface area contributed by atoms with E-state index in [-0.39, 0.29) is 0 Å². The number of likely N-dealkylation sites (tertiary alicyclic amines) is 1. The second kappa shape index (κ2) is 6.63. The molecule has 7 heteroatoms. The number of ether oxygens (including phenoxy) is 1. The fourth-order valence-corrected chi connectivity index (χ4v) is 2.76. The first-order valence-corrected chi connectivity index (χ1v) is 7.84. The highest BCUT2D eigenvalue weighted by molar-refractivity contribution is 5.69. The highest BCUT2D eigenvalue weighted by Crippen LogP contribution is 2.33. The van der Waals surface area contributed by atoms with Crippen LogP contribution in [0.25, 0.3) is 0 Å². The van der Waals surface area contributed by atoms with Crippen LogP contribution in [-0.4, -0.2) is 34.3 Å². The topological polar surface area (TPSA) is 49.8 Å². The number of hydrogen-bond donors (Lipinski definition) is 1. The van der Waals surface area contributed by atoms with Gasteiger partial charge >= 0.3 is 12.3 Å². The molecule has 1 fully saturated rings. The van der Waals surface area contributed by atoms with Crippen molar-refractivity contribution < 1.29 is 27.8 Å². The van der Waals surface area contributed by atoms with Crippen molar-refractivity contribution in [3.63, 3.8) is 0 Å². The van der Waals surface area contributed by atoms with E-state index in [0.717, 1.165) is 12.1 Å². The molecule has 0 saturated carbocycles. The number of carbonyl (C=O) groups excluding carboxylic acids is 1. The summed E-state index contributed by atoms with van der Waals surface area (Å²) in [6, 6.07) is 3.87. The molecule has 2 atom stereocenters. The summed E-state index contributed by atoms with van der Waals surface area (Å²) in [5.74, 6) is 0. The van der Waals surface area contributed by atoms with Crippen molar-refractivity contribution >= 4 is 6.09 Å². The molecule has 1 aromatic carbocycles. The van der Waals surface area contributed by atoms with Crippen molar-refractivity contribution in [3.05, 3.63) is 35.4 Å². The van der Waals surface area contributed by atoms with Crippen LogP contribution in [0.2, 0.25) is 0 Å². The maximum Gasteiger partial charge on any atom is 0.416 e. The molecule has 1 saturated heterocycles. The lowest BCUT2D eigenvalue weighted by molar-refractivity contribution is -0.137. The van der Waals surface area contributed by atoms with Gasteiger partial charge in [0.25, 0.3) is 0 Å². The summed E-state index contributed by atoms with van der Waals surface area (Å²) < 4.78 is 43.2. The molecule has 1 amide bonds. The third kappa shape index (κ3) is 4.41. The van der Waals surface area contributed by atoms with Crippen molar-refractivity contribution in [3.8, 4) is 0 Å². The SMILES string of the molecule is CC(C)(C)OC(=O)N1CCC[C@H]1C(O)c1ccc(C(F)(F)F)cc1. The molecule has 24 heavy (non-hydrogen) atoms. The monoisotopic (exact) mass is 345 g/mol. The lowest BCUT2D eigenvalue weighted by atomic mass is 9.99. The lowest BCUT2D eigenvalue weighted by Gasteiger charge is -2.31.